The van der Waals surface area contributed by atoms with Crippen LogP contribution < -0.4 is 0 Å². The predicted octanol–water partition coefficient (Wildman–Crippen LogP) is 4.67. The van der Waals surface area contributed by atoms with E-state index in [9.17, 15) is 4.79 Å². The molecule has 0 fully saturated rings. The highest BCUT2D eigenvalue weighted by Crippen LogP contribution is 2.07. The van der Waals surface area contributed by atoms with Crippen LogP contribution in [0.2, 0.25) is 0 Å². The molecule has 108 valence electrons. The summed E-state index contributed by atoms with van der Waals surface area (Å²) in [6, 6.07) is 9.60. The van der Waals surface area contributed by atoms with E-state index in [0.29, 0.717) is 12.3 Å². The molecule has 0 aliphatic carbocycles. The van der Waals surface area contributed by atoms with Crippen molar-refractivity contribution in [3.8, 4) is 0 Å². The smallest absolute Gasteiger partial charge is 0.315 e. The molecular formula is C18H24O2. The van der Waals surface area contributed by atoms with Crippen molar-refractivity contribution in [1.29, 1.82) is 0 Å². The lowest BCUT2D eigenvalue weighted by Gasteiger charge is -2.01. The highest BCUT2D eigenvalue weighted by atomic mass is 16.5. The van der Waals surface area contributed by atoms with Gasteiger partial charge in [0.1, 0.15) is 0 Å². The molecule has 1 aromatic carbocycles. The predicted molar refractivity (Wildman–Crippen MR) is 83.2 cm³/mol. The SMILES string of the molecule is CC(/C=C/OC(=O)Cc1ccccc1)=C\CCC(C)C. The van der Waals surface area contributed by atoms with Crippen molar-refractivity contribution in [2.45, 2.75) is 40.0 Å². The van der Waals surface area contributed by atoms with Crippen LogP contribution in [0.3, 0.4) is 0 Å². The molecule has 0 spiro atoms. The van der Waals surface area contributed by atoms with Crippen molar-refractivity contribution in [3.05, 3.63) is 59.9 Å². The first kappa shape index (κ1) is 16.2. The maximum atomic E-state index is 11.6. The zero-order valence-electron chi connectivity index (χ0n) is 12.6. The molecule has 0 unspecified atom stereocenters. The van der Waals surface area contributed by atoms with Gasteiger partial charge in [0.2, 0.25) is 0 Å². The zero-order chi connectivity index (χ0) is 14.8. The van der Waals surface area contributed by atoms with Gasteiger partial charge in [-0.05, 0) is 37.3 Å². The fourth-order valence-corrected chi connectivity index (χ4v) is 1.73. The van der Waals surface area contributed by atoms with E-state index in [1.54, 1.807) is 0 Å². The number of allylic oxidation sites excluding steroid dienone is 3. The molecule has 1 rings (SSSR count). The van der Waals surface area contributed by atoms with Gasteiger partial charge < -0.3 is 4.74 Å². The Morgan fingerprint density at radius 1 is 1.25 bits per heavy atom. The van der Waals surface area contributed by atoms with Crippen LogP contribution in [0, 0.1) is 5.92 Å². The van der Waals surface area contributed by atoms with Crippen LogP contribution in [0.15, 0.2) is 54.3 Å². The maximum absolute atomic E-state index is 11.6. The average molecular weight is 272 g/mol. The van der Waals surface area contributed by atoms with Crippen LogP contribution in [-0.4, -0.2) is 5.97 Å². The third-order valence-corrected chi connectivity index (χ3v) is 2.93. The van der Waals surface area contributed by atoms with Gasteiger partial charge in [-0.2, -0.15) is 0 Å². The Morgan fingerprint density at radius 3 is 2.60 bits per heavy atom. The van der Waals surface area contributed by atoms with Crippen LogP contribution in [0.4, 0.5) is 0 Å². The van der Waals surface area contributed by atoms with Crippen molar-refractivity contribution in [2.24, 2.45) is 5.92 Å². The number of hydrogen-bond acceptors (Lipinski definition) is 2. The van der Waals surface area contributed by atoms with E-state index >= 15 is 0 Å². The molecule has 0 aliphatic heterocycles. The van der Waals surface area contributed by atoms with E-state index in [0.717, 1.165) is 17.6 Å². The summed E-state index contributed by atoms with van der Waals surface area (Å²) in [4.78, 5) is 11.6. The second-order valence-electron chi connectivity index (χ2n) is 5.37. The van der Waals surface area contributed by atoms with Crippen molar-refractivity contribution >= 4 is 5.97 Å². The molecule has 2 heteroatoms. The number of carbonyl (C=O) groups is 1. The molecule has 0 amide bonds. The molecule has 0 aromatic heterocycles. The number of carbonyl (C=O) groups excluding carboxylic acids is 1. The average Bonchev–Trinajstić information content (AvgIpc) is 2.39. The fourth-order valence-electron chi connectivity index (χ4n) is 1.73. The normalized spacial score (nSPS) is 12.1. The topological polar surface area (TPSA) is 26.3 Å². The molecular weight excluding hydrogens is 248 g/mol. The van der Waals surface area contributed by atoms with Crippen LogP contribution >= 0.6 is 0 Å². The summed E-state index contributed by atoms with van der Waals surface area (Å²) < 4.78 is 5.08. The lowest BCUT2D eigenvalue weighted by molar-refractivity contribution is -0.137. The molecule has 0 atom stereocenters. The number of hydrogen-bond donors (Lipinski definition) is 0. The summed E-state index contributed by atoms with van der Waals surface area (Å²) in [6.45, 7) is 6.44. The highest BCUT2D eigenvalue weighted by molar-refractivity contribution is 5.73. The largest absolute Gasteiger partial charge is 0.434 e. The Morgan fingerprint density at radius 2 is 1.95 bits per heavy atom. The van der Waals surface area contributed by atoms with Crippen LogP contribution in [0.25, 0.3) is 0 Å². The van der Waals surface area contributed by atoms with Crippen LogP contribution in [-0.2, 0) is 16.0 Å². The Labute approximate surface area is 122 Å². The standard InChI is InChI=1S/C18H24O2/c1-15(2)8-7-9-16(3)12-13-20-18(19)14-17-10-5-4-6-11-17/h4-6,9-13,15H,7-8,14H2,1-3H3/b13-12+,16-9+. The van der Waals surface area contributed by atoms with Gasteiger partial charge in [0.05, 0.1) is 12.7 Å². The minimum Gasteiger partial charge on any atom is -0.434 e. The van der Waals surface area contributed by atoms with Gasteiger partial charge in [-0.3, -0.25) is 4.79 Å². The molecule has 1 aromatic rings. The summed E-state index contributed by atoms with van der Waals surface area (Å²) in [6.07, 6.45) is 8.03. The van der Waals surface area contributed by atoms with E-state index in [4.69, 9.17) is 4.74 Å². The number of ether oxygens (including phenoxy) is 1. The second-order valence-corrected chi connectivity index (χ2v) is 5.37. The van der Waals surface area contributed by atoms with Gasteiger partial charge in [0, 0.05) is 0 Å². The number of benzene rings is 1. The highest BCUT2D eigenvalue weighted by Gasteiger charge is 2.01. The lowest BCUT2D eigenvalue weighted by atomic mass is 10.1. The summed E-state index contributed by atoms with van der Waals surface area (Å²) in [5.74, 6) is 0.481. The minimum atomic E-state index is -0.234. The third-order valence-electron chi connectivity index (χ3n) is 2.93. The van der Waals surface area contributed by atoms with Crippen molar-refractivity contribution in [1.82, 2.24) is 0 Å². The van der Waals surface area contributed by atoms with Crippen molar-refractivity contribution in [2.75, 3.05) is 0 Å². The van der Waals surface area contributed by atoms with E-state index in [2.05, 4.69) is 19.9 Å². The van der Waals surface area contributed by atoms with Crippen molar-refractivity contribution < 1.29 is 9.53 Å². The fraction of sp³-hybridized carbons (Fsp3) is 0.389. The second kappa shape index (κ2) is 9.13. The Bertz CT molecular complexity index is 456. The minimum absolute atomic E-state index is 0.234. The van der Waals surface area contributed by atoms with E-state index in [1.165, 1.54) is 12.7 Å². The summed E-state index contributed by atoms with van der Waals surface area (Å²) in [5.41, 5.74) is 2.09. The third kappa shape index (κ3) is 7.57. The molecule has 0 N–H and O–H groups in total. The quantitative estimate of drug-likeness (QED) is 0.409. The van der Waals surface area contributed by atoms with Gasteiger partial charge in [-0.15, -0.1) is 0 Å². The first-order valence-corrected chi connectivity index (χ1v) is 7.14. The number of rotatable bonds is 7. The summed E-state index contributed by atoms with van der Waals surface area (Å²) in [7, 11) is 0. The first-order chi connectivity index (χ1) is 9.58. The molecule has 0 radical (unpaired) electrons. The van der Waals surface area contributed by atoms with E-state index < -0.39 is 0 Å². The molecule has 0 bridgehead atoms. The summed E-state index contributed by atoms with van der Waals surface area (Å²) in [5, 5.41) is 0. The van der Waals surface area contributed by atoms with Gasteiger partial charge in [0.15, 0.2) is 0 Å². The van der Waals surface area contributed by atoms with E-state index in [1.807, 2.05) is 43.3 Å². The van der Waals surface area contributed by atoms with E-state index in [-0.39, 0.29) is 5.97 Å². The Kier molecular flexibility index (Phi) is 7.41. The molecule has 2 nitrogen and oxygen atoms in total. The zero-order valence-corrected chi connectivity index (χ0v) is 12.6. The molecule has 0 aliphatic rings. The summed E-state index contributed by atoms with van der Waals surface area (Å²) >= 11 is 0. The molecule has 0 saturated carbocycles. The lowest BCUT2D eigenvalue weighted by Crippen LogP contribution is -2.03. The molecule has 20 heavy (non-hydrogen) atoms. The maximum Gasteiger partial charge on any atom is 0.315 e. The van der Waals surface area contributed by atoms with Crippen LogP contribution in [0.1, 0.15) is 39.2 Å². The van der Waals surface area contributed by atoms with Gasteiger partial charge >= 0.3 is 5.97 Å². The van der Waals surface area contributed by atoms with Gasteiger partial charge in [-0.1, -0.05) is 55.8 Å². The van der Waals surface area contributed by atoms with Gasteiger partial charge in [0.25, 0.3) is 0 Å². The number of esters is 1. The monoisotopic (exact) mass is 272 g/mol. The molecule has 0 heterocycles. The van der Waals surface area contributed by atoms with Crippen molar-refractivity contribution in [3.63, 3.8) is 0 Å². The first-order valence-electron chi connectivity index (χ1n) is 7.14. The van der Waals surface area contributed by atoms with Crippen LogP contribution in [0.5, 0.6) is 0 Å². The molecule has 0 saturated heterocycles. The Hall–Kier alpha value is -1.83. The van der Waals surface area contributed by atoms with Gasteiger partial charge in [-0.25, -0.2) is 0 Å². The Balaban J connectivity index is 2.31.